The molecule has 0 N–H and O–H groups in total. The lowest BCUT2D eigenvalue weighted by Crippen LogP contribution is -2.33. The Morgan fingerprint density at radius 2 is 1.79 bits per heavy atom. The molecule has 108 valence electrons. The molecule has 7 heteroatoms. The minimum absolute atomic E-state index is 0.166. The second-order valence-corrected chi connectivity index (χ2v) is 4.75. The molecule has 0 amide bonds. The number of aromatic nitrogens is 3. The van der Waals surface area contributed by atoms with Crippen molar-refractivity contribution in [1.82, 2.24) is 19.9 Å². The van der Waals surface area contributed by atoms with E-state index in [4.69, 9.17) is 16.3 Å². The van der Waals surface area contributed by atoms with Crippen LogP contribution in [0.15, 0.2) is 0 Å². The number of ether oxygens (including phenoxy) is 1. The predicted molar refractivity (Wildman–Crippen MR) is 77.1 cm³/mol. The number of halogens is 1. The van der Waals surface area contributed by atoms with Gasteiger partial charge in [-0.3, -0.25) is 0 Å². The number of hydrogen-bond acceptors (Lipinski definition) is 6. The summed E-state index contributed by atoms with van der Waals surface area (Å²) < 4.78 is 5.30. The highest BCUT2D eigenvalue weighted by atomic mass is 35.5. The van der Waals surface area contributed by atoms with E-state index in [1.807, 2.05) is 21.0 Å². The molecule has 0 atom stereocenters. The van der Waals surface area contributed by atoms with Gasteiger partial charge in [0.1, 0.15) is 0 Å². The standard InChI is InChI=1S/C12H22ClN5O/c1-5-7-18(9-8-17(3)4)11-14-10(13)15-12(16-11)19-6-2/h5-9H2,1-4H3. The highest BCUT2D eigenvalue weighted by molar-refractivity contribution is 6.28. The van der Waals surface area contributed by atoms with E-state index in [1.54, 1.807) is 0 Å². The number of rotatable bonds is 8. The number of likely N-dealkylation sites (N-methyl/N-ethyl adjacent to an activating group) is 1. The third-order valence-electron chi connectivity index (χ3n) is 2.44. The van der Waals surface area contributed by atoms with Gasteiger partial charge >= 0.3 is 6.01 Å². The van der Waals surface area contributed by atoms with Gasteiger partial charge in [0.25, 0.3) is 0 Å². The van der Waals surface area contributed by atoms with Gasteiger partial charge < -0.3 is 14.5 Å². The molecule has 0 bridgehead atoms. The quantitative estimate of drug-likeness (QED) is 0.725. The molecular formula is C12H22ClN5O. The Hall–Kier alpha value is -1.14. The van der Waals surface area contributed by atoms with Gasteiger partial charge in [0.2, 0.25) is 11.2 Å². The van der Waals surface area contributed by atoms with Crippen LogP contribution in [0, 0.1) is 0 Å². The minimum Gasteiger partial charge on any atom is -0.464 e. The highest BCUT2D eigenvalue weighted by Gasteiger charge is 2.13. The van der Waals surface area contributed by atoms with Gasteiger partial charge in [0, 0.05) is 19.6 Å². The topological polar surface area (TPSA) is 54.4 Å². The SMILES string of the molecule is CCCN(CCN(C)C)c1nc(Cl)nc(OCC)n1. The normalized spacial score (nSPS) is 10.8. The first kappa shape index (κ1) is 15.9. The second-order valence-electron chi connectivity index (χ2n) is 4.41. The van der Waals surface area contributed by atoms with E-state index in [0.717, 1.165) is 26.1 Å². The fraction of sp³-hybridized carbons (Fsp3) is 0.750. The van der Waals surface area contributed by atoms with Gasteiger partial charge in [0.05, 0.1) is 6.61 Å². The van der Waals surface area contributed by atoms with Crippen LogP contribution in [0.2, 0.25) is 5.28 Å². The lowest BCUT2D eigenvalue weighted by atomic mass is 10.4. The van der Waals surface area contributed by atoms with Crippen molar-refractivity contribution in [2.75, 3.05) is 45.2 Å². The number of hydrogen-bond donors (Lipinski definition) is 0. The maximum atomic E-state index is 5.91. The smallest absolute Gasteiger partial charge is 0.322 e. The van der Waals surface area contributed by atoms with E-state index < -0.39 is 0 Å². The lowest BCUT2D eigenvalue weighted by Gasteiger charge is -2.23. The molecule has 0 unspecified atom stereocenters. The Morgan fingerprint density at radius 1 is 1.05 bits per heavy atom. The predicted octanol–water partition coefficient (Wildman–Crippen LogP) is 1.70. The van der Waals surface area contributed by atoms with Crippen molar-refractivity contribution in [2.45, 2.75) is 20.3 Å². The molecule has 0 aliphatic carbocycles. The van der Waals surface area contributed by atoms with Crippen LogP contribution in [0.5, 0.6) is 6.01 Å². The third kappa shape index (κ3) is 5.57. The Balaban J connectivity index is 2.87. The first-order chi connectivity index (χ1) is 9.06. The van der Waals surface area contributed by atoms with E-state index in [9.17, 15) is 0 Å². The summed E-state index contributed by atoms with van der Waals surface area (Å²) in [5.74, 6) is 0.576. The van der Waals surface area contributed by atoms with Gasteiger partial charge in [-0.2, -0.15) is 15.0 Å². The van der Waals surface area contributed by atoms with Gasteiger partial charge in [-0.05, 0) is 39.0 Å². The third-order valence-corrected chi connectivity index (χ3v) is 2.61. The minimum atomic E-state index is 0.166. The van der Waals surface area contributed by atoms with Gasteiger partial charge in [-0.15, -0.1) is 0 Å². The van der Waals surface area contributed by atoms with Crippen molar-refractivity contribution in [1.29, 1.82) is 0 Å². The molecule has 0 radical (unpaired) electrons. The molecule has 0 aliphatic heterocycles. The average molecular weight is 288 g/mol. The average Bonchev–Trinajstić information content (AvgIpc) is 2.34. The van der Waals surface area contributed by atoms with Crippen molar-refractivity contribution in [3.8, 4) is 6.01 Å². The maximum Gasteiger partial charge on any atom is 0.322 e. The van der Waals surface area contributed by atoms with Gasteiger partial charge in [0.15, 0.2) is 0 Å². The molecule has 0 fully saturated rings. The molecular weight excluding hydrogens is 266 g/mol. The summed E-state index contributed by atoms with van der Waals surface area (Å²) >= 11 is 5.91. The van der Waals surface area contributed by atoms with Crippen molar-refractivity contribution in [2.24, 2.45) is 0 Å². The van der Waals surface area contributed by atoms with Gasteiger partial charge in [-0.25, -0.2) is 0 Å². The van der Waals surface area contributed by atoms with E-state index in [2.05, 4.69) is 31.7 Å². The van der Waals surface area contributed by atoms with Crippen LogP contribution >= 0.6 is 11.6 Å². The molecule has 6 nitrogen and oxygen atoms in total. The largest absolute Gasteiger partial charge is 0.464 e. The molecule has 0 spiro atoms. The van der Waals surface area contributed by atoms with Crippen LogP contribution in [-0.4, -0.2) is 60.2 Å². The summed E-state index contributed by atoms with van der Waals surface area (Å²) in [7, 11) is 4.08. The molecule has 1 aromatic heterocycles. The lowest BCUT2D eigenvalue weighted by molar-refractivity contribution is 0.311. The first-order valence-corrected chi connectivity index (χ1v) is 6.88. The Bertz CT molecular complexity index is 388. The molecule has 1 heterocycles. The van der Waals surface area contributed by atoms with E-state index in [1.165, 1.54) is 0 Å². The van der Waals surface area contributed by atoms with E-state index in [-0.39, 0.29) is 11.3 Å². The maximum absolute atomic E-state index is 5.91. The van der Waals surface area contributed by atoms with Crippen molar-refractivity contribution < 1.29 is 4.74 Å². The van der Waals surface area contributed by atoms with E-state index in [0.29, 0.717) is 12.6 Å². The summed E-state index contributed by atoms with van der Waals surface area (Å²) in [6.07, 6.45) is 1.01. The fourth-order valence-corrected chi connectivity index (χ4v) is 1.71. The molecule has 0 saturated carbocycles. The Kier molecular flexibility index (Phi) is 6.80. The summed E-state index contributed by atoms with van der Waals surface area (Å²) in [6, 6.07) is 0.281. The molecule has 1 aromatic rings. The van der Waals surface area contributed by atoms with Crippen LogP contribution in [0.3, 0.4) is 0 Å². The number of nitrogens with zero attached hydrogens (tertiary/aromatic N) is 5. The molecule has 19 heavy (non-hydrogen) atoms. The Labute approximate surface area is 119 Å². The van der Waals surface area contributed by atoms with Crippen LogP contribution in [-0.2, 0) is 0 Å². The molecule has 0 aromatic carbocycles. The van der Waals surface area contributed by atoms with Crippen LogP contribution < -0.4 is 9.64 Å². The van der Waals surface area contributed by atoms with E-state index >= 15 is 0 Å². The van der Waals surface area contributed by atoms with Gasteiger partial charge in [-0.1, -0.05) is 6.92 Å². The highest BCUT2D eigenvalue weighted by Crippen LogP contribution is 2.15. The molecule has 0 saturated heterocycles. The zero-order valence-corrected chi connectivity index (χ0v) is 12.8. The van der Waals surface area contributed by atoms with Crippen LogP contribution in [0.1, 0.15) is 20.3 Å². The second kappa shape index (κ2) is 8.12. The van der Waals surface area contributed by atoms with Crippen LogP contribution in [0.25, 0.3) is 0 Å². The zero-order valence-electron chi connectivity index (χ0n) is 12.1. The summed E-state index contributed by atoms with van der Waals surface area (Å²) in [5.41, 5.74) is 0. The monoisotopic (exact) mass is 287 g/mol. The Morgan fingerprint density at radius 3 is 2.37 bits per heavy atom. The fourth-order valence-electron chi connectivity index (χ4n) is 1.56. The van der Waals surface area contributed by atoms with Crippen LogP contribution in [0.4, 0.5) is 5.95 Å². The molecule has 0 aliphatic rings. The number of anilines is 1. The first-order valence-electron chi connectivity index (χ1n) is 6.50. The van der Waals surface area contributed by atoms with Crippen molar-refractivity contribution >= 4 is 17.5 Å². The van der Waals surface area contributed by atoms with Crippen molar-refractivity contribution in [3.63, 3.8) is 0 Å². The zero-order chi connectivity index (χ0) is 14.3. The summed E-state index contributed by atoms with van der Waals surface area (Å²) in [4.78, 5) is 16.6. The summed E-state index contributed by atoms with van der Waals surface area (Å²) in [5, 5.41) is 0.166. The summed E-state index contributed by atoms with van der Waals surface area (Å²) in [6.45, 7) is 7.15. The van der Waals surface area contributed by atoms with Crippen molar-refractivity contribution in [3.05, 3.63) is 5.28 Å². The molecule has 1 rings (SSSR count).